The van der Waals surface area contributed by atoms with E-state index in [4.69, 9.17) is 21.1 Å². The van der Waals surface area contributed by atoms with Crippen LogP contribution in [0.5, 0.6) is 11.5 Å². The van der Waals surface area contributed by atoms with E-state index in [9.17, 15) is 9.59 Å². The minimum atomic E-state index is -0.926. The van der Waals surface area contributed by atoms with Crippen LogP contribution in [0.25, 0.3) is 0 Å². The number of hydrogen-bond donors (Lipinski definition) is 2. The lowest BCUT2D eigenvalue weighted by molar-refractivity contribution is -0.134. The zero-order valence-electron chi connectivity index (χ0n) is 18.3. The van der Waals surface area contributed by atoms with Crippen LogP contribution in [0.2, 0.25) is 5.02 Å². The third kappa shape index (κ3) is 7.29. The van der Waals surface area contributed by atoms with Gasteiger partial charge in [-0.3, -0.25) is 9.59 Å². The van der Waals surface area contributed by atoms with E-state index in [0.29, 0.717) is 27.8 Å². The average molecular weight is 446 g/mol. The number of halogens is 1. The largest absolute Gasteiger partial charge is 0.497 e. The van der Waals surface area contributed by atoms with Gasteiger partial charge in [0.25, 0.3) is 5.91 Å². The highest BCUT2D eigenvalue weighted by molar-refractivity contribution is 6.30. The van der Waals surface area contributed by atoms with Gasteiger partial charge in [-0.1, -0.05) is 25.4 Å². The Balaban J connectivity index is 2.08. The van der Waals surface area contributed by atoms with Crippen LogP contribution >= 0.6 is 11.6 Å². The molecule has 1 unspecified atom stereocenters. The molecule has 31 heavy (non-hydrogen) atoms. The van der Waals surface area contributed by atoms with Crippen molar-refractivity contribution in [2.24, 2.45) is 16.9 Å². The monoisotopic (exact) mass is 445 g/mol. The van der Waals surface area contributed by atoms with Gasteiger partial charge in [0.05, 0.1) is 19.4 Å². The number of carbonyl (C=O) groups excluding carboxylic acids is 2. The van der Waals surface area contributed by atoms with Crippen molar-refractivity contribution in [1.29, 1.82) is 0 Å². The van der Waals surface area contributed by atoms with Gasteiger partial charge in [0.1, 0.15) is 17.4 Å². The Morgan fingerprint density at radius 1 is 1.03 bits per heavy atom. The molecule has 7 nitrogen and oxygen atoms in total. The molecule has 0 bridgehead atoms. The fourth-order valence-corrected chi connectivity index (χ4v) is 3.02. The molecule has 8 heteroatoms. The molecule has 2 N–H and O–H groups in total. The lowest BCUT2D eigenvalue weighted by Gasteiger charge is -2.18. The van der Waals surface area contributed by atoms with E-state index in [2.05, 4.69) is 15.8 Å². The van der Waals surface area contributed by atoms with Crippen LogP contribution < -0.4 is 20.2 Å². The highest BCUT2D eigenvalue weighted by atomic mass is 35.5. The van der Waals surface area contributed by atoms with Crippen LogP contribution in [0.3, 0.4) is 0 Å². The summed E-state index contributed by atoms with van der Waals surface area (Å²) in [5.74, 6) is -0.822. The Hall–Kier alpha value is -3.06. The Labute approximate surface area is 187 Å². The molecule has 0 heterocycles. The maximum absolute atomic E-state index is 12.7. The van der Waals surface area contributed by atoms with Gasteiger partial charge >= 0.3 is 0 Å². The fraction of sp³-hybridized carbons (Fsp3) is 0.348. The topological polar surface area (TPSA) is 89.0 Å². The lowest BCUT2D eigenvalue weighted by atomic mass is 9.94. The summed E-state index contributed by atoms with van der Waals surface area (Å²) < 4.78 is 10.8. The van der Waals surface area contributed by atoms with Crippen molar-refractivity contribution in [3.63, 3.8) is 0 Å². The quantitative estimate of drug-likeness (QED) is 0.338. The Morgan fingerprint density at radius 2 is 1.71 bits per heavy atom. The molecule has 0 aromatic heterocycles. The van der Waals surface area contributed by atoms with Crippen molar-refractivity contribution in [2.45, 2.75) is 33.8 Å². The summed E-state index contributed by atoms with van der Waals surface area (Å²) in [6, 6.07) is 12.0. The van der Waals surface area contributed by atoms with Crippen LogP contribution in [0.4, 0.5) is 5.69 Å². The molecule has 166 valence electrons. The molecule has 0 aliphatic rings. The number of methoxy groups -OCH3 is 1. The molecular formula is C23H28ClN3O4. The van der Waals surface area contributed by atoms with E-state index >= 15 is 0 Å². The van der Waals surface area contributed by atoms with Gasteiger partial charge in [-0.05, 0) is 62.2 Å². The molecule has 0 aliphatic carbocycles. The molecule has 0 saturated carbocycles. The molecule has 2 amide bonds. The third-order valence-corrected chi connectivity index (χ3v) is 4.54. The van der Waals surface area contributed by atoms with Crippen molar-refractivity contribution in [3.05, 3.63) is 53.1 Å². The third-order valence-electron chi connectivity index (χ3n) is 4.30. The van der Waals surface area contributed by atoms with Crippen molar-refractivity contribution < 1.29 is 19.1 Å². The molecule has 0 aliphatic heterocycles. The van der Waals surface area contributed by atoms with Gasteiger partial charge in [0.2, 0.25) is 5.91 Å². The zero-order chi connectivity index (χ0) is 23.0. The molecule has 0 saturated heterocycles. The standard InChI is InChI=1S/C23H28ClN3O4/c1-14(2)21(22(28)26-18-7-9-19(30-5)10-8-18)23(29)27-25-13-16-12-17(24)6-11-20(16)31-15(3)4/h6-15,21H,1-5H3,(H,26,28)(H,27,29). The summed E-state index contributed by atoms with van der Waals surface area (Å²) in [5.41, 5.74) is 3.64. The number of hydrogen-bond acceptors (Lipinski definition) is 5. The number of rotatable bonds is 9. The normalized spacial score (nSPS) is 12.1. The summed E-state index contributed by atoms with van der Waals surface area (Å²) in [4.78, 5) is 25.4. The van der Waals surface area contributed by atoms with E-state index in [-0.39, 0.29) is 12.0 Å². The number of amides is 2. The first kappa shape index (κ1) is 24.2. The molecular weight excluding hydrogens is 418 g/mol. The van der Waals surface area contributed by atoms with Crippen LogP contribution in [-0.4, -0.2) is 31.2 Å². The molecule has 1 atom stereocenters. The first-order valence-corrected chi connectivity index (χ1v) is 10.3. The maximum Gasteiger partial charge on any atom is 0.252 e. The molecule has 2 rings (SSSR count). The number of nitrogens with zero attached hydrogens (tertiary/aromatic N) is 1. The fourth-order valence-electron chi connectivity index (χ4n) is 2.84. The summed E-state index contributed by atoms with van der Waals surface area (Å²) >= 11 is 6.06. The number of anilines is 1. The van der Waals surface area contributed by atoms with Gasteiger partial charge in [0, 0.05) is 16.3 Å². The van der Waals surface area contributed by atoms with Crippen LogP contribution in [0.1, 0.15) is 33.3 Å². The van der Waals surface area contributed by atoms with Gasteiger partial charge in [-0.2, -0.15) is 5.10 Å². The number of nitrogens with one attached hydrogen (secondary N) is 2. The lowest BCUT2D eigenvalue weighted by Crippen LogP contribution is -2.39. The first-order chi connectivity index (χ1) is 14.7. The van der Waals surface area contributed by atoms with Crippen molar-refractivity contribution in [3.8, 4) is 11.5 Å². The highest BCUT2D eigenvalue weighted by Crippen LogP contribution is 2.23. The minimum absolute atomic E-state index is 0.0325. The van der Waals surface area contributed by atoms with Gasteiger partial charge in [0.15, 0.2) is 0 Å². The molecule has 0 fully saturated rings. The summed E-state index contributed by atoms with van der Waals surface area (Å²) in [6.45, 7) is 7.41. The summed E-state index contributed by atoms with van der Waals surface area (Å²) in [6.07, 6.45) is 1.41. The van der Waals surface area contributed by atoms with E-state index in [1.807, 2.05) is 13.8 Å². The second-order valence-corrected chi connectivity index (χ2v) is 7.96. The van der Waals surface area contributed by atoms with Crippen molar-refractivity contribution in [2.75, 3.05) is 12.4 Å². The first-order valence-electron chi connectivity index (χ1n) is 9.95. The maximum atomic E-state index is 12.7. The molecule has 2 aromatic rings. The summed E-state index contributed by atoms with van der Waals surface area (Å²) in [7, 11) is 1.56. The minimum Gasteiger partial charge on any atom is -0.497 e. The van der Waals surface area contributed by atoms with E-state index < -0.39 is 17.7 Å². The van der Waals surface area contributed by atoms with Crippen LogP contribution in [0.15, 0.2) is 47.6 Å². The number of benzene rings is 2. The molecule has 2 aromatic carbocycles. The van der Waals surface area contributed by atoms with Crippen molar-refractivity contribution >= 4 is 35.3 Å². The number of hydrazone groups is 1. The van der Waals surface area contributed by atoms with Crippen LogP contribution in [0, 0.1) is 11.8 Å². The van der Waals surface area contributed by atoms with Crippen molar-refractivity contribution in [1.82, 2.24) is 5.43 Å². The van der Waals surface area contributed by atoms with E-state index in [1.165, 1.54) is 6.21 Å². The average Bonchev–Trinajstić information content (AvgIpc) is 2.70. The van der Waals surface area contributed by atoms with E-state index in [1.54, 1.807) is 63.4 Å². The Bertz CT molecular complexity index is 927. The number of ether oxygens (including phenoxy) is 2. The van der Waals surface area contributed by atoms with Gasteiger partial charge in [-0.15, -0.1) is 0 Å². The predicted molar refractivity (Wildman–Crippen MR) is 123 cm³/mol. The second-order valence-electron chi connectivity index (χ2n) is 7.52. The number of carbonyl (C=O) groups is 2. The molecule has 0 radical (unpaired) electrons. The Morgan fingerprint density at radius 3 is 2.29 bits per heavy atom. The van der Waals surface area contributed by atoms with Gasteiger partial charge in [-0.25, -0.2) is 5.43 Å². The Kier molecular flexibility index (Phi) is 8.88. The SMILES string of the molecule is COc1ccc(NC(=O)C(C(=O)NN=Cc2cc(Cl)ccc2OC(C)C)C(C)C)cc1. The summed E-state index contributed by atoms with van der Waals surface area (Å²) in [5, 5.41) is 7.28. The van der Waals surface area contributed by atoms with Crippen LogP contribution in [-0.2, 0) is 9.59 Å². The highest BCUT2D eigenvalue weighted by Gasteiger charge is 2.30. The zero-order valence-corrected chi connectivity index (χ0v) is 19.1. The smallest absolute Gasteiger partial charge is 0.252 e. The second kappa shape index (κ2) is 11.4. The molecule has 0 spiro atoms. The van der Waals surface area contributed by atoms with E-state index in [0.717, 1.165) is 0 Å². The predicted octanol–water partition coefficient (Wildman–Crippen LogP) is 4.50. The van der Waals surface area contributed by atoms with Gasteiger partial charge < -0.3 is 14.8 Å².